The number of rotatable bonds is 2. The summed E-state index contributed by atoms with van der Waals surface area (Å²) in [5, 5.41) is 3.59. The van der Waals surface area contributed by atoms with Crippen LogP contribution < -0.4 is 10.2 Å². The van der Waals surface area contributed by atoms with Crippen LogP contribution in [0.2, 0.25) is 5.02 Å². The lowest BCUT2D eigenvalue weighted by Gasteiger charge is -2.36. The molecule has 1 saturated heterocycles. The number of hydrogen-bond donors (Lipinski definition) is 1. The Labute approximate surface area is 119 Å². The first-order valence-electron chi connectivity index (χ1n) is 6.65. The van der Waals surface area contributed by atoms with Gasteiger partial charge in [0.2, 0.25) is 0 Å². The Kier molecular flexibility index (Phi) is 4.53. The average molecular weight is 282 g/mol. The lowest BCUT2D eigenvalue weighted by Crippen LogP contribution is -2.52. The molecule has 0 unspecified atom stereocenters. The fourth-order valence-electron chi connectivity index (χ4n) is 2.34. The van der Waals surface area contributed by atoms with E-state index in [9.17, 15) is 4.79 Å². The van der Waals surface area contributed by atoms with E-state index in [2.05, 4.69) is 17.1 Å². The van der Waals surface area contributed by atoms with Gasteiger partial charge in [-0.1, -0.05) is 17.7 Å². The molecule has 2 amide bonds. The summed E-state index contributed by atoms with van der Waals surface area (Å²) in [6.45, 7) is 7.88. The first-order chi connectivity index (χ1) is 9.11. The van der Waals surface area contributed by atoms with Gasteiger partial charge in [-0.3, -0.25) is 0 Å². The molecule has 1 fully saturated rings. The van der Waals surface area contributed by atoms with Crippen molar-refractivity contribution in [1.82, 2.24) is 10.2 Å². The van der Waals surface area contributed by atoms with E-state index in [1.165, 1.54) is 11.3 Å². The molecule has 0 saturated carbocycles. The molecule has 0 spiro atoms. The largest absolute Gasteiger partial charge is 0.368 e. The van der Waals surface area contributed by atoms with Gasteiger partial charge in [-0.2, -0.15) is 0 Å². The van der Waals surface area contributed by atoms with Crippen molar-refractivity contribution in [1.29, 1.82) is 0 Å². The summed E-state index contributed by atoms with van der Waals surface area (Å²) in [5.41, 5.74) is 2.39. The SMILES string of the molecule is CCNC(=O)N1CCN(c2cc(Cl)ccc2C)CC1. The zero-order chi connectivity index (χ0) is 13.8. The molecular weight excluding hydrogens is 262 g/mol. The monoisotopic (exact) mass is 281 g/mol. The number of carbonyl (C=O) groups is 1. The van der Waals surface area contributed by atoms with Crippen LogP contribution in [0.3, 0.4) is 0 Å². The quantitative estimate of drug-likeness (QED) is 0.904. The number of hydrogen-bond acceptors (Lipinski definition) is 2. The highest BCUT2D eigenvalue weighted by molar-refractivity contribution is 6.30. The molecule has 0 atom stereocenters. The molecule has 1 aromatic carbocycles. The molecule has 19 heavy (non-hydrogen) atoms. The topological polar surface area (TPSA) is 35.6 Å². The summed E-state index contributed by atoms with van der Waals surface area (Å²) in [7, 11) is 0. The third kappa shape index (κ3) is 3.32. The van der Waals surface area contributed by atoms with E-state index in [0.717, 1.165) is 31.2 Å². The van der Waals surface area contributed by atoms with Gasteiger partial charge < -0.3 is 15.1 Å². The van der Waals surface area contributed by atoms with Crippen molar-refractivity contribution in [3.05, 3.63) is 28.8 Å². The van der Waals surface area contributed by atoms with E-state index in [-0.39, 0.29) is 6.03 Å². The van der Waals surface area contributed by atoms with Crippen LogP contribution in [0.25, 0.3) is 0 Å². The Balaban J connectivity index is 2.00. The van der Waals surface area contributed by atoms with Crippen LogP contribution in [0, 0.1) is 6.92 Å². The Bertz CT molecular complexity index is 456. The number of nitrogens with zero attached hydrogens (tertiary/aromatic N) is 2. The number of piperazine rings is 1. The summed E-state index contributed by atoms with van der Waals surface area (Å²) in [4.78, 5) is 15.9. The van der Waals surface area contributed by atoms with Gasteiger partial charge in [0.1, 0.15) is 0 Å². The highest BCUT2D eigenvalue weighted by Crippen LogP contribution is 2.25. The number of aryl methyl sites for hydroxylation is 1. The zero-order valence-electron chi connectivity index (χ0n) is 11.4. The molecule has 4 nitrogen and oxygen atoms in total. The van der Waals surface area contributed by atoms with Crippen LogP contribution in [0.1, 0.15) is 12.5 Å². The van der Waals surface area contributed by atoms with Crippen LogP contribution in [0.4, 0.5) is 10.5 Å². The van der Waals surface area contributed by atoms with Gasteiger partial charge in [-0.05, 0) is 31.5 Å². The van der Waals surface area contributed by atoms with Crippen molar-refractivity contribution in [2.45, 2.75) is 13.8 Å². The predicted molar refractivity (Wildman–Crippen MR) is 79.0 cm³/mol. The summed E-state index contributed by atoms with van der Waals surface area (Å²) in [6.07, 6.45) is 0. The highest BCUT2D eigenvalue weighted by Gasteiger charge is 2.21. The van der Waals surface area contributed by atoms with Gasteiger partial charge >= 0.3 is 6.03 Å². The van der Waals surface area contributed by atoms with Gasteiger partial charge in [0.05, 0.1) is 0 Å². The van der Waals surface area contributed by atoms with E-state index >= 15 is 0 Å². The normalized spacial score (nSPS) is 15.5. The van der Waals surface area contributed by atoms with Crippen LogP contribution in [-0.2, 0) is 0 Å². The molecule has 0 bridgehead atoms. The fraction of sp³-hybridized carbons (Fsp3) is 0.500. The van der Waals surface area contributed by atoms with E-state index in [4.69, 9.17) is 11.6 Å². The Morgan fingerprint density at radius 2 is 2.00 bits per heavy atom. The molecular formula is C14H20ClN3O. The third-order valence-electron chi connectivity index (χ3n) is 3.41. The van der Waals surface area contributed by atoms with E-state index in [1.807, 2.05) is 30.0 Å². The lowest BCUT2D eigenvalue weighted by atomic mass is 10.1. The lowest BCUT2D eigenvalue weighted by molar-refractivity contribution is 0.195. The minimum Gasteiger partial charge on any atom is -0.368 e. The first-order valence-corrected chi connectivity index (χ1v) is 7.03. The van der Waals surface area contributed by atoms with Gasteiger partial charge in [-0.15, -0.1) is 0 Å². The number of benzene rings is 1. The zero-order valence-corrected chi connectivity index (χ0v) is 12.2. The van der Waals surface area contributed by atoms with Gasteiger partial charge in [-0.25, -0.2) is 4.79 Å². The second kappa shape index (κ2) is 6.15. The van der Waals surface area contributed by atoms with Crippen LogP contribution >= 0.6 is 11.6 Å². The van der Waals surface area contributed by atoms with Crippen molar-refractivity contribution < 1.29 is 4.79 Å². The van der Waals surface area contributed by atoms with E-state index in [0.29, 0.717) is 6.54 Å². The van der Waals surface area contributed by atoms with Crippen molar-refractivity contribution in [2.24, 2.45) is 0 Å². The summed E-state index contributed by atoms with van der Waals surface area (Å²) >= 11 is 6.06. The molecule has 0 aromatic heterocycles. The van der Waals surface area contributed by atoms with E-state index in [1.54, 1.807) is 0 Å². The number of urea groups is 1. The van der Waals surface area contributed by atoms with Crippen molar-refractivity contribution in [3.8, 4) is 0 Å². The molecule has 1 heterocycles. The third-order valence-corrected chi connectivity index (χ3v) is 3.64. The molecule has 104 valence electrons. The molecule has 5 heteroatoms. The van der Waals surface area contributed by atoms with Gasteiger partial charge in [0.25, 0.3) is 0 Å². The van der Waals surface area contributed by atoms with Gasteiger partial charge in [0, 0.05) is 43.4 Å². The second-order valence-corrected chi connectivity index (χ2v) is 5.18. The van der Waals surface area contributed by atoms with E-state index < -0.39 is 0 Å². The summed E-state index contributed by atoms with van der Waals surface area (Å²) in [5.74, 6) is 0. The Hall–Kier alpha value is -1.42. The maximum atomic E-state index is 11.7. The van der Waals surface area contributed by atoms with Crippen LogP contribution in [-0.4, -0.2) is 43.7 Å². The molecule has 1 aromatic rings. The van der Waals surface area contributed by atoms with Crippen LogP contribution in [0.5, 0.6) is 0 Å². The maximum Gasteiger partial charge on any atom is 0.317 e. The molecule has 1 aliphatic heterocycles. The smallest absolute Gasteiger partial charge is 0.317 e. The Morgan fingerprint density at radius 1 is 1.32 bits per heavy atom. The average Bonchev–Trinajstić information content (AvgIpc) is 2.42. The number of nitrogens with one attached hydrogen (secondary N) is 1. The van der Waals surface area contributed by atoms with Crippen molar-refractivity contribution in [3.63, 3.8) is 0 Å². The van der Waals surface area contributed by atoms with Crippen molar-refractivity contribution in [2.75, 3.05) is 37.6 Å². The number of carbonyl (C=O) groups excluding carboxylic acids is 1. The van der Waals surface area contributed by atoms with Gasteiger partial charge in [0.15, 0.2) is 0 Å². The predicted octanol–water partition coefficient (Wildman–Crippen LogP) is 2.50. The number of halogens is 1. The minimum atomic E-state index is 0.0324. The molecule has 0 radical (unpaired) electrons. The summed E-state index contributed by atoms with van der Waals surface area (Å²) in [6, 6.07) is 5.97. The molecule has 1 aliphatic rings. The van der Waals surface area contributed by atoms with Crippen LogP contribution in [0.15, 0.2) is 18.2 Å². The second-order valence-electron chi connectivity index (χ2n) is 4.74. The Morgan fingerprint density at radius 3 is 2.63 bits per heavy atom. The molecule has 1 N–H and O–H groups in total. The number of anilines is 1. The standard InChI is InChI=1S/C14H20ClN3O/c1-3-16-14(19)18-8-6-17(7-9-18)13-10-12(15)5-4-11(13)2/h4-5,10H,3,6-9H2,1-2H3,(H,16,19). The minimum absolute atomic E-state index is 0.0324. The highest BCUT2D eigenvalue weighted by atomic mass is 35.5. The van der Waals surface area contributed by atoms with Crippen molar-refractivity contribution >= 4 is 23.3 Å². The molecule has 0 aliphatic carbocycles. The molecule has 2 rings (SSSR count). The first kappa shape index (κ1) is 14.0. The maximum absolute atomic E-state index is 11.7. The fourth-order valence-corrected chi connectivity index (χ4v) is 2.50. The number of amides is 2. The summed E-state index contributed by atoms with van der Waals surface area (Å²) < 4.78 is 0.